The highest BCUT2D eigenvalue weighted by Gasteiger charge is 2.37. The topological polar surface area (TPSA) is 86.7 Å². The van der Waals surface area contributed by atoms with Gasteiger partial charge in [0.1, 0.15) is 6.04 Å². The number of rotatable bonds is 7. The van der Waals surface area contributed by atoms with Crippen LogP contribution in [0.15, 0.2) is 18.2 Å². The van der Waals surface area contributed by atoms with Gasteiger partial charge in [-0.3, -0.25) is 14.5 Å². The first kappa shape index (κ1) is 25.2. The number of hydrogen-bond donors (Lipinski definition) is 2. The molecule has 0 radical (unpaired) electrons. The van der Waals surface area contributed by atoms with Crippen LogP contribution in [0.2, 0.25) is 0 Å². The number of amides is 2. The second-order valence-corrected chi connectivity index (χ2v) is 6.97. The number of carboxylic acid groups (broad SMARTS) is 1. The van der Waals surface area contributed by atoms with E-state index >= 15 is 0 Å². The van der Waals surface area contributed by atoms with E-state index in [0.717, 1.165) is 7.05 Å². The van der Waals surface area contributed by atoms with Gasteiger partial charge in [0.2, 0.25) is 5.91 Å². The van der Waals surface area contributed by atoms with E-state index < -0.39 is 59.4 Å². The quantitative estimate of drug-likeness (QED) is 0.493. The van der Waals surface area contributed by atoms with Crippen LogP contribution in [0.3, 0.4) is 0 Å². The first-order valence-corrected chi connectivity index (χ1v) is 8.60. The van der Waals surface area contributed by atoms with Crippen molar-refractivity contribution >= 4 is 17.8 Å². The van der Waals surface area contributed by atoms with Gasteiger partial charge < -0.3 is 10.4 Å². The van der Waals surface area contributed by atoms with Crippen molar-refractivity contribution in [1.82, 2.24) is 10.2 Å². The van der Waals surface area contributed by atoms with E-state index in [1.54, 1.807) is 13.8 Å². The zero-order valence-corrected chi connectivity index (χ0v) is 16.2. The van der Waals surface area contributed by atoms with Gasteiger partial charge in [-0.05, 0) is 30.5 Å². The number of benzene rings is 1. The highest BCUT2D eigenvalue weighted by molar-refractivity contribution is 6.00. The van der Waals surface area contributed by atoms with Gasteiger partial charge in [0, 0.05) is 12.6 Å². The van der Waals surface area contributed by atoms with Crippen molar-refractivity contribution in [2.24, 2.45) is 5.92 Å². The number of ketones is 1. The van der Waals surface area contributed by atoms with Gasteiger partial charge in [-0.2, -0.15) is 26.3 Å². The lowest BCUT2D eigenvalue weighted by Crippen LogP contribution is -2.49. The normalized spacial score (nSPS) is 13.1. The Kier molecular flexibility index (Phi) is 7.87. The minimum Gasteiger partial charge on any atom is -0.465 e. The average Bonchev–Trinajstić information content (AvgIpc) is 2.61. The molecule has 2 amide bonds. The molecule has 0 fully saturated rings. The number of halogens is 6. The molecule has 0 saturated heterocycles. The minimum atomic E-state index is -5.12. The fraction of sp³-hybridized carbons (Fsp3) is 0.500. The molecule has 1 aromatic rings. The van der Waals surface area contributed by atoms with Crippen molar-refractivity contribution in [3.05, 3.63) is 34.9 Å². The predicted molar refractivity (Wildman–Crippen MR) is 92.8 cm³/mol. The summed E-state index contributed by atoms with van der Waals surface area (Å²) < 4.78 is 77.4. The molecule has 1 rings (SSSR count). The maximum Gasteiger partial charge on any atom is 0.416 e. The first-order chi connectivity index (χ1) is 13.5. The summed E-state index contributed by atoms with van der Waals surface area (Å²) in [6.45, 7) is 2.52. The van der Waals surface area contributed by atoms with Crippen LogP contribution < -0.4 is 5.32 Å². The third-order valence-corrected chi connectivity index (χ3v) is 4.10. The van der Waals surface area contributed by atoms with Crippen molar-refractivity contribution < 1.29 is 45.8 Å². The number of carbonyl (C=O) groups is 3. The number of likely N-dealkylation sites (N-methyl/N-ethyl adjacent to an activating group) is 1. The molecule has 30 heavy (non-hydrogen) atoms. The fourth-order valence-corrected chi connectivity index (χ4v) is 2.52. The molecule has 168 valence electrons. The smallest absolute Gasteiger partial charge is 0.416 e. The number of carbonyl (C=O) groups excluding carboxylic acids is 2. The van der Waals surface area contributed by atoms with Gasteiger partial charge in [-0.15, -0.1) is 0 Å². The fourth-order valence-electron chi connectivity index (χ4n) is 2.52. The van der Waals surface area contributed by atoms with Gasteiger partial charge in [-0.25, -0.2) is 4.79 Å². The molecule has 0 heterocycles. The summed E-state index contributed by atoms with van der Waals surface area (Å²) in [5.74, 6) is -2.21. The van der Waals surface area contributed by atoms with Gasteiger partial charge in [0.15, 0.2) is 5.78 Å². The molecule has 6 nitrogen and oxygen atoms in total. The van der Waals surface area contributed by atoms with Gasteiger partial charge >= 0.3 is 18.4 Å². The van der Waals surface area contributed by atoms with Gasteiger partial charge in [0.05, 0.1) is 17.7 Å². The maximum atomic E-state index is 12.9. The third-order valence-electron chi connectivity index (χ3n) is 4.10. The van der Waals surface area contributed by atoms with Crippen molar-refractivity contribution in [2.45, 2.75) is 38.7 Å². The standard InChI is InChI=1S/C18H20F6N2O4/c1-9(2)4-13(26(3)16(29)30)15(28)25-8-14(27)10-5-11(17(19,20)21)7-12(6-10)18(22,23)24/h5-7,9,13H,4,8H2,1-3H3,(H,25,28)(H,29,30). The number of alkyl halides is 6. The molecule has 12 heteroatoms. The SMILES string of the molecule is CC(C)CC(C(=O)NCC(=O)c1cc(C(F)(F)F)cc(C(F)(F)F)c1)N(C)C(=O)O. The van der Waals surface area contributed by atoms with Crippen LogP contribution in [-0.4, -0.2) is 47.4 Å². The van der Waals surface area contributed by atoms with Crippen LogP contribution in [-0.2, 0) is 17.1 Å². The van der Waals surface area contributed by atoms with E-state index in [4.69, 9.17) is 5.11 Å². The molecule has 2 N–H and O–H groups in total. The summed E-state index contributed by atoms with van der Waals surface area (Å²) in [4.78, 5) is 36.3. The molecule has 0 aliphatic carbocycles. The molecule has 0 bridgehead atoms. The van der Waals surface area contributed by atoms with Crippen LogP contribution in [0.1, 0.15) is 41.8 Å². The van der Waals surface area contributed by atoms with Crippen LogP contribution in [0.25, 0.3) is 0 Å². The number of hydrogen-bond acceptors (Lipinski definition) is 3. The third kappa shape index (κ3) is 6.92. The Labute approximate surface area is 167 Å². The molecule has 0 aliphatic rings. The molecule has 0 aromatic heterocycles. The Morgan fingerprint density at radius 2 is 1.47 bits per heavy atom. The van der Waals surface area contributed by atoms with E-state index in [1.165, 1.54) is 0 Å². The Balaban J connectivity index is 3.09. The Hall–Kier alpha value is -2.79. The lowest BCUT2D eigenvalue weighted by atomic mass is 10.0. The zero-order valence-electron chi connectivity index (χ0n) is 16.2. The highest BCUT2D eigenvalue weighted by atomic mass is 19.4. The summed E-state index contributed by atoms with van der Waals surface area (Å²) in [5, 5.41) is 11.1. The number of nitrogens with zero attached hydrogens (tertiary/aromatic N) is 1. The van der Waals surface area contributed by atoms with Crippen LogP contribution >= 0.6 is 0 Å². The molecular formula is C18H20F6N2O4. The summed E-state index contributed by atoms with van der Waals surface area (Å²) in [7, 11) is 1.12. The lowest BCUT2D eigenvalue weighted by Gasteiger charge is -2.26. The van der Waals surface area contributed by atoms with Gasteiger partial charge in [-0.1, -0.05) is 13.8 Å². The zero-order chi connectivity index (χ0) is 23.4. The van der Waals surface area contributed by atoms with E-state index in [-0.39, 0.29) is 30.5 Å². The number of nitrogens with one attached hydrogen (secondary N) is 1. The Morgan fingerprint density at radius 1 is 1.00 bits per heavy atom. The second kappa shape index (κ2) is 9.35. The van der Waals surface area contributed by atoms with E-state index in [9.17, 15) is 40.7 Å². The Bertz CT molecular complexity index is 773. The summed E-state index contributed by atoms with van der Waals surface area (Å²) in [6.07, 6.45) is -11.6. The molecule has 1 aromatic carbocycles. The average molecular weight is 442 g/mol. The summed E-state index contributed by atoms with van der Waals surface area (Å²) in [5.41, 5.74) is -4.20. The molecular weight excluding hydrogens is 422 g/mol. The van der Waals surface area contributed by atoms with Crippen molar-refractivity contribution in [3.8, 4) is 0 Å². The highest BCUT2D eigenvalue weighted by Crippen LogP contribution is 2.36. The maximum absolute atomic E-state index is 12.9. The molecule has 1 atom stereocenters. The van der Waals surface area contributed by atoms with E-state index in [0.29, 0.717) is 4.90 Å². The second-order valence-electron chi connectivity index (χ2n) is 6.97. The minimum absolute atomic E-state index is 0.0879. The summed E-state index contributed by atoms with van der Waals surface area (Å²) in [6, 6.07) is -0.782. The predicted octanol–water partition coefficient (Wildman–Crippen LogP) is 4.05. The first-order valence-electron chi connectivity index (χ1n) is 8.60. The lowest BCUT2D eigenvalue weighted by molar-refractivity contribution is -0.143. The van der Waals surface area contributed by atoms with Crippen LogP contribution in [0.4, 0.5) is 31.1 Å². The van der Waals surface area contributed by atoms with Crippen molar-refractivity contribution in [3.63, 3.8) is 0 Å². The summed E-state index contributed by atoms with van der Waals surface area (Å²) >= 11 is 0. The van der Waals surface area contributed by atoms with Crippen molar-refractivity contribution in [2.75, 3.05) is 13.6 Å². The van der Waals surface area contributed by atoms with Crippen LogP contribution in [0.5, 0.6) is 0 Å². The largest absolute Gasteiger partial charge is 0.465 e. The van der Waals surface area contributed by atoms with Crippen LogP contribution in [0, 0.1) is 5.92 Å². The number of Topliss-reactive ketones (excluding diaryl/α,β-unsaturated/α-hetero) is 1. The molecule has 0 saturated carbocycles. The Morgan fingerprint density at radius 3 is 1.83 bits per heavy atom. The molecule has 0 aliphatic heterocycles. The molecule has 1 unspecified atom stereocenters. The van der Waals surface area contributed by atoms with E-state index in [2.05, 4.69) is 5.32 Å². The van der Waals surface area contributed by atoms with Gasteiger partial charge in [0.25, 0.3) is 0 Å². The van der Waals surface area contributed by atoms with E-state index in [1.807, 2.05) is 0 Å². The van der Waals surface area contributed by atoms with Crippen molar-refractivity contribution in [1.29, 1.82) is 0 Å². The molecule has 0 spiro atoms. The monoisotopic (exact) mass is 442 g/mol.